The molecule has 9 heteroatoms. The molecule has 0 aliphatic carbocycles. The Kier molecular flexibility index (Phi) is 4.53. The van der Waals surface area contributed by atoms with Gasteiger partial charge in [0.15, 0.2) is 21.3 Å². The maximum Gasteiger partial charge on any atom is 0.276 e. The summed E-state index contributed by atoms with van der Waals surface area (Å²) in [6.45, 7) is 0.437. The second kappa shape index (κ2) is 6.86. The first-order chi connectivity index (χ1) is 12.9. The fraction of sp³-hybridized carbons (Fsp3) is 0.222. The molecule has 1 aliphatic rings. The number of amides is 1. The van der Waals surface area contributed by atoms with Crippen LogP contribution in [0.15, 0.2) is 62.6 Å². The molecule has 1 aliphatic heterocycles. The van der Waals surface area contributed by atoms with E-state index in [1.54, 1.807) is 12.1 Å². The highest BCUT2D eigenvalue weighted by Crippen LogP contribution is 2.27. The minimum Gasteiger partial charge on any atom is -0.461 e. The average molecular weight is 407 g/mol. The van der Waals surface area contributed by atoms with Gasteiger partial charge in [0.05, 0.1) is 16.4 Å². The van der Waals surface area contributed by atoms with E-state index in [0.717, 1.165) is 0 Å². The van der Waals surface area contributed by atoms with Crippen molar-refractivity contribution in [3.8, 4) is 11.5 Å². The Morgan fingerprint density at radius 1 is 1.19 bits per heavy atom. The van der Waals surface area contributed by atoms with Gasteiger partial charge < -0.3 is 13.8 Å². The monoisotopic (exact) mass is 406 g/mol. The predicted molar refractivity (Wildman–Crippen MR) is 97.2 cm³/mol. The van der Waals surface area contributed by atoms with Crippen LogP contribution in [-0.4, -0.2) is 42.7 Å². The lowest BCUT2D eigenvalue weighted by Crippen LogP contribution is -2.32. The second-order valence-electron chi connectivity index (χ2n) is 6.21. The van der Waals surface area contributed by atoms with Crippen molar-refractivity contribution in [2.45, 2.75) is 16.6 Å². The summed E-state index contributed by atoms with van der Waals surface area (Å²) in [6, 6.07) is 10.9. The Hall–Kier alpha value is -2.58. The second-order valence-corrected chi connectivity index (χ2v) is 8.88. The Labute approximate surface area is 160 Å². The van der Waals surface area contributed by atoms with E-state index in [9.17, 15) is 13.2 Å². The zero-order chi connectivity index (χ0) is 19.0. The molecule has 1 aromatic carbocycles. The third kappa shape index (κ3) is 3.38. The Balaban J connectivity index is 1.49. The molecule has 0 N–H and O–H groups in total. The van der Waals surface area contributed by atoms with Crippen molar-refractivity contribution in [2.75, 3.05) is 13.1 Å². The number of likely N-dealkylation sites (tertiary alicyclic amines) is 1. The summed E-state index contributed by atoms with van der Waals surface area (Å²) in [4.78, 5) is 14.3. The number of hydrogen-bond acceptors (Lipinski definition) is 6. The number of carbonyl (C=O) groups is 1. The van der Waals surface area contributed by atoms with E-state index < -0.39 is 15.1 Å². The van der Waals surface area contributed by atoms with Crippen molar-refractivity contribution in [3.05, 3.63) is 59.4 Å². The summed E-state index contributed by atoms with van der Waals surface area (Å²) < 4.78 is 35.9. The smallest absolute Gasteiger partial charge is 0.276 e. The first kappa shape index (κ1) is 17.8. The first-order valence-electron chi connectivity index (χ1n) is 8.24. The van der Waals surface area contributed by atoms with Crippen LogP contribution in [0.4, 0.5) is 0 Å². The summed E-state index contributed by atoms with van der Waals surface area (Å²) in [5.74, 6) is 0.435. The van der Waals surface area contributed by atoms with Gasteiger partial charge in [0, 0.05) is 24.2 Å². The van der Waals surface area contributed by atoms with Crippen LogP contribution in [-0.2, 0) is 9.84 Å². The SMILES string of the molecule is O=C(c1cc(-c2ccco2)on1)N1CCC(S(=O)(=O)c2ccc(Cl)cc2)C1. The molecule has 3 aromatic rings. The number of nitrogens with zero attached hydrogens (tertiary/aromatic N) is 2. The zero-order valence-electron chi connectivity index (χ0n) is 14.0. The topological polar surface area (TPSA) is 93.6 Å². The molecule has 1 unspecified atom stereocenters. The summed E-state index contributed by atoms with van der Waals surface area (Å²) in [7, 11) is -3.55. The van der Waals surface area contributed by atoms with E-state index in [4.69, 9.17) is 20.5 Å². The minimum absolute atomic E-state index is 0.104. The minimum atomic E-state index is -3.55. The van der Waals surface area contributed by atoms with Gasteiger partial charge in [-0.1, -0.05) is 16.8 Å². The Morgan fingerprint density at radius 3 is 2.67 bits per heavy atom. The number of halogens is 1. The van der Waals surface area contributed by atoms with Crippen molar-refractivity contribution in [2.24, 2.45) is 0 Å². The molecule has 0 spiro atoms. The lowest BCUT2D eigenvalue weighted by molar-refractivity contribution is 0.0783. The van der Waals surface area contributed by atoms with E-state index in [1.165, 1.54) is 41.5 Å². The van der Waals surface area contributed by atoms with Gasteiger partial charge in [-0.05, 0) is 42.8 Å². The molecule has 1 saturated heterocycles. The molecule has 2 aromatic heterocycles. The summed E-state index contributed by atoms with van der Waals surface area (Å²) in [5, 5.41) is 3.58. The number of furan rings is 1. The number of hydrogen-bond donors (Lipinski definition) is 0. The highest BCUT2D eigenvalue weighted by atomic mass is 35.5. The van der Waals surface area contributed by atoms with Gasteiger partial charge >= 0.3 is 0 Å². The molecule has 1 amide bonds. The molecule has 3 heterocycles. The highest BCUT2D eigenvalue weighted by molar-refractivity contribution is 7.92. The van der Waals surface area contributed by atoms with E-state index in [-0.39, 0.29) is 23.0 Å². The molecular weight excluding hydrogens is 392 g/mol. The molecular formula is C18H15ClN2O5S. The molecule has 0 saturated carbocycles. The molecule has 0 bridgehead atoms. The van der Waals surface area contributed by atoms with E-state index >= 15 is 0 Å². The van der Waals surface area contributed by atoms with Crippen molar-refractivity contribution >= 4 is 27.3 Å². The largest absolute Gasteiger partial charge is 0.461 e. The summed E-state index contributed by atoms with van der Waals surface area (Å²) in [5.41, 5.74) is 0.117. The van der Waals surface area contributed by atoms with Gasteiger partial charge in [-0.3, -0.25) is 4.79 Å². The normalized spacial score (nSPS) is 17.4. The number of rotatable bonds is 4. The number of aromatic nitrogens is 1. The standard InChI is InChI=1S/C18H15ClN2O5S/c19-12-3-5-13(6-4-12)27(23,24)14-7-8-21(11-14)18(22)15-10-17(26-20-15)16-2-1-9-25-16/h1-6,9-10,14H,7-8,11H2. The number of carbonyl (C=O) groups excluding carboxylic acids is 1. The summed E-state index contributed by atoms with van der Waals surface area (Å²) in [6.07, 6.45) is 1.85. The Bertz CT molecular complexity index is 1060. The third-order valence-corrected chi connectivity index (χ3v) is 6.95. The average Bonchev–Trinajstić information content (AvgIpc) is 3.42. The van der Waals surface area contributed by atoms with E-state index in [1.807, 2.05) is 0 Å². The predicted octanol–water partition coefficient (Wildman–Crippen LogP) is 3.28. The van der Waals surface area contributed by atoms with Crippen LogP contribution < -0.4 is 0 Å². The molecule has 27 heavy (non-hydrogen) atoms. The molecule has 140 valence electrons. The van der Waals surface area contributed by atoms with Crippen LogP contribution in [0.25, 0.3) is 11.5 Å². The number of sulfone groups is 1. The van der Waals surface area contributed by atoms with E-state index in [2.05, 4.69) is 5.16 Å². The van der Waals surface area contributed by atoms with Crippen molar-refractivity contribution in [3.63, 3.8) is 0 Å². The van der Waals surface area contributed by atoms with Crippen LogP contribution in [0, 0.1) is 0 Å². The van der Waals surface area contributed by atoms with Crippen LogP contribution in [0.1, 0.15) is 16.9 Å². The quantitative estimate of drug-likeness (QED) is 0.660. The molecule has 0 radical (unpaired) electrons. The Morgan fingerprint density at radius 2 is 1.96 bits per heavy atom. The van der Waals surface area contributed by atoms with Crippen LogP contribution in [0.5, 0.6) is 0 Å². The van der Waals surface area contributed by atoms with Crippen molar-refractivity contribution in [1.82, 2.24) is 10.1 Å². The third-order valence-electron chi connectivity index (χ3n) is 4.51. The number of benzene rings is 1. The van der Waals surface area contributed by atoms with Gasteiger partial charge in [-0.25, -0.2) is 8.42 Å². The fourth-order valence-electron chi connectivity index (χ4n) is 3.06. The van der Waals surface area contributed by atoms with Gasteiger partial charge in [0.2, 0.25) is 5.76 Å². The fourth-order valence-corrected chi connectivity index (χ4v) is 4.87. The van der Waals surface area contributed by atoms with E-state index in [0.29, 0.717) is 29.5 Å². The lowest BCUT2D eigenvalue weighted by atomic mass is 10.3. The molecule has 1 atom stereocenters. The van der Waals surface area contributed by atoms with Gasteiger partial charge in [0.25, 0.3) is 5.91 Å². The van der Waals surface area contributed by atoms with Gasteiger partial charge in [-0.15, -0.1) is 0 Å². The van der Waals surface area contributed by atoms with Crippen LogP contribution in [0.2, 0.25) is 5.02 Å². The van der Waals surface area contributed by atoms with Crippen LogP contribution >= 0.6 is 11.6 Å². The highest BCUT2D eigenvalue weighted by Gasteiger charge is 2.37. The van der Waals surface area contributed by atoms with Crippen molar-refractivity contribution < 1.29 is 22.2 Å². The van der Waals surface area contributed by atoms with Gasteiger partial charge in [0.1, 0.15) is 0 Å². The van der Waals surface area contributed by atoms with Crippen LogP contribution in [0.3, 0.4) is 0 Å². The van der Waals surface area contributed by atoms with Crippen molar-refractivity contribution in [1.29, 1.82) is 0 Å². The zero-order valence-corrected chi connectivity index (χ0v) is 15.6. The molecule has 4 rings (SSSR count). The first-order valence-corrected chi connectivity index (χ1v) is 10.2. The summed E-state index contributed by atoms with van der Waals surface area (Å²) >= 11 is 5.82. The van der Waals surface area contributed by atoms with Gasteiger partial charge in [-0.2, -0.15) is 0 Å². The molecule has 1 fully saturated rings. The lowest BCUT2D eigenvalue weighted by Gasteiger charge is -2.15. The maximum absolute atomic E-state index is 12.8. The maximum atomic E-state index is 12.8. The molecule has 7 nitrogen and oxygen atoms in total.